The minimum absolute atomic E-state index is 0.00538. The fraction of sp³-hybridized carbons (Fsp3) is 0.235. The first-order valence-corrected chi connectivity index (χ1v) is 8.94. The van der Waals surface area contributed by atoms with Gasteiger partial charge in [0.2, 0.25) is 0 Å². The molecule has 138 valence electrons. The smallest absolute Gasteiger partial charge is 0.492 e. The molecule has 0 spiro atoms. The minimum atomic E-state index is -5.78. The van der Waals surface area contributed by atoms with Crippen LogP contribution in [0.5, 0.6) is 11.5 Å². The Hall–Kier alpha value is -2.55. The standard InChI is InChI=1S/C17H13F3O5S/c18-17(19,20)26(22,23)25-13-6-7-14-15(9-13)24-10-12(16(14)21)8-11-4-2-1-3-5-11/h1-7,9,12H,8,10H2. The Labute approximate surface area is 147 Å². The maximum Gasteiger partial charge on any atom is 0.534 e. The number of halogens is 3. The van der Waals surface area contributed by atoms with Crippen molar-refractivity contribution in [2.45, 2.75) is 11.9 Å². The summed E-state index contributed by atoms with van der Waals surface area (Å²) in [6.45, 7) is 0.0379. The number of rotatable bonds is 4. The molecule has 5 nitrogen and oxygen atoms in total. The summed E-state index contributed by atoms with van der Waals surface area (Å²) in [6.07, 6.45) is 0.458. The van der Waals surface area contributed by atoms with E-state index in [1.54, 1.807) is 0 Å². The highest BCUT2D eigenvalue weighted by Gasteiger charge is 2.48. The van der Waals surface area contributed by atoms with E-state index in [1.807, 2.05) is 30.3 Å². The predicted molar refractivity (Wildman–Crippen MR) is 85.5 cm³/mol. The van der Waals surface area contributed by atoms with E-state index >= 15 is 0 Å². The molecule has 1 aliphatic heterocycles. The molecule has 0 saturated heterocycles. The van der Waals surface area contributed by atoms with Crippen molar-refractivity contribution in [3.05, 3.63) is 59.7 Å². The molecule has 26 heavy (non-hydrogen) atoms. The lowest BCUT2D eigenvalue weighted by atomic mass is 9.89. The molecule has 1 unspecified atom stereocenters. The van der Waals surface area contributed by atoms with Crippen molar-refractivity contribution >= 4 is 15.9 Å². The van der Waals surface area contributed by atoms with Gasteiger partial charge in [-0.2, -0.15) is 21.6 Å². The molecule has 0 aliphatic carbocycles. The van der Waals surface area contributed by atoms with E-state index in [-0.39, 0.29) is 23.7 Å². The average Bonchev–Trinajstić information content (AvgIpc) is 2.57. The fourth-order valence-corrected chi connectivity index (χ4v) is 3.04. The quantitative estimate of drug-likeness (QED) is 0.595. The van der Waals surface area contributed by atoms with Crippen molar-refractivity contribution in [3.63, 3.8) is 0 Å². The van der Waals surface area contributed by atoms with Gasteiger partial charge in [-0.15, -0.1) is 0 Å². The normalized spacial score (nSPS) is 17.3. The number of benzene rings is 2. The summed E-state index contributed by atoms with van der Waals surface area (Å²) in [4.78, 5) is 12.6. The van der Waals surface area contributed by atoms with Gasteiger partial charge in [0, 0.05) is 6.07 Å². The second kappa shape index (κ2) is 6.64. The first kappa shape index (κ1) is 18.2. The molecule has 0 radical (unpaired) electrons. The van der Waals surface area contributed by atoms with E-state index in [4.69, 9.17) is 4.74 Å². The minimum Gasteiger partial charge on any atom is -0.492 e. The third-order valence-corrected chi connectivity index (χ3v) is 4.82. The largest absolute Gasteiger partial charge is 0.534 e. The molecular formula is C17H13F3O5S. The Bertz CT molecular complexity index is 923. The first-order valence-electron chi connectivity index (χ1n) is 7.53. The first-order chi connectivity index (χ1) is 12.2. The topological polar surface area (TPSA) is 69.7 Å². The van der Waals surface area contributed by atoms with Gasteiger partial charge in [0.1, 0.15) is 11.5 Å². The summed E-state index contributed by atoms with van der Waals surface area (Å²) in [5.41, 5.74) is -4.41. The maximum atomic E-state index is 12.6. The van der Waals surface area contributed by atoms with Gasteiger partial charge in [-0.25, -0.2) is 0 Å². The summed E-state index contributed by atoms with van der Waals surface area (Å²) in [5, 5.41) is 0. The van der Waals surface area contributed by atoms with Crippen molar-refractivity contribution in [1.82, 2.24) is 0 Å². The van der Waals surface area contributed by atoms with Crippen LogP contribution in [0.15, 0.2) is 48.5 Å². The summed E-state index contributed by atoms with van der Waals surface area (Å²) in [7, 11) is -5.78. The van der Waals surface area contributed by atoms with Crippen molar-refractivity contribution in [3.8, 4) is 11.5 Å². The molecule has 0 N–H and O–H groups in total. The van der Waals surface area contributed by atoms with Crippen LogP contribution in [0.4, 0.5) is 13.2 Å². The molecule has 0 amide bonds. The lowest BCUT2D eigenvalue weighted by Crippen LogP contribution is -2.30. The molecule has 1 heterocycles. The number of Topliss-reactive ketones (excluding diaryl/α,β-unsaturated/α-hetero) is 1. The molecule has 0 bridgehead atoms. The monoisotopic (exact) mass is 386 g/mol. The molecule has 9 heteroatoms. The van der Waals surface area contributed by atoms with Gasteiger partial charge in [0.15, 0.2) is 5.78 Å². The molecule has 1 aliphatic rings. The van der Waals surface area contributed by atoms with Crippen LogP contribution < -0.4 is 8.92 Å². The second-order valence-corrected chi connectivity index (χ2v) is 7.24. The number of hydrogen-bond acceptors (Lipinski definition) is 5. The highest BCUT2D eigenvalue weighted by molar-refractivity contribution is 7.88. The number of hydrogen-bond donors (Lipinski definition) is 0. The number of carbonyl (C=O) groups excluding carboxylic acids is 1. The van der Waals surface area contributed by atoms with Gasteiger partial charge < -0.3 is 8.92 Å². The molecule has 0 saturated carbocycles. The zero-order valence-corrected chi connectivity index (χ0v) is 14.0. The zero-order valence-electron chi connectivity index (χ0n) is 13.2. The number of carbonyl (C=O) groups is 1. The summed E-state index contributed by atoms with van der Waals surface area (Å²) in [6, 6.07) is 12.5. The molecule has 0 aromatic heterocycles. The second-order valence-electron chi connectivity index (χ2n) is 5.70. The molecule has 2 aromatic rings. The molecule has 0 fully saturated rings. The van der Waals surface area contributed by atoms with Crippen molar-refractivity contribution in [2.75, 3.05) is 6.61 Å². The molecular weight excluding hydrogens is 373 g/mol. The number of ketones is 1. The Morgan fingerprint density at radius 3 is 2.46 bits per heavy atom. The maximum absolute atomic E-state index is 12.6. The molecule has 2 aromatic carbocycles. The van der Waals surface area contributed by atoms with Crippen LogP contribution >= 0.6 is 0 Å². The number of alkyl halides is 3. The van der Waals surface area contributed by atoms with Gasteiger partial charge in [-0.05, 0) is 24.1 Å². The van der Waals surface area contributed by atoms with Gasteiger partial charge in [0.05, 0.1) is 18.1 Å². The van der Waals surface area contributed by atoms with Crippen molar-refractivity contribution in [1.29, 1.82) is 0 Å². The predicted octanol–water partition coefficient (Wildman–Crippen LogP) is 3.35. The van der Waals surface area contributed by atoms with E-state index in [0.29, 0.717) is 6.42 Å². The summed E-state index contributed by atoms with van der Waals surface area (Å²) in [5.74, 6) is -1.24. The highest BCUT2D eigenvalue weighted by Crippen LogP contribution is 2.34. The van der Waals surface area contributed by atoms with Crippen LogP contribution in [0.2, 0.25) is 0 Å². The van der Waals surface area contributed by atoms with Gasteiger partial charge in [-0.1, -0.05) is 30.3 Å². The van der Waals surface area contributed by atoms with Crippen LogP contribution in [0.25, 0.3) is 0 Å². The summed E-state index contributed by atoms with van der Waals surface area (Å²) >= 11 is 0. The number of ether oxygens (including phenoxy) is 1. The lowest BCUT2D eigenvalue weighted by molar-refractivity contribution is -0.0500. The Morgan fingerprint density at radius 2 is 1.81 bits per heavy atom. The lowest BCUT2D eigenvalue weighted by Gasteiger charge is -2.24. The fourth-order valence-electron chi connectivity index (χ4n) is 2.59. The van der Waals surface area contributed by atoms with E-state index in [1.165, 1.54) is 6.07 Å². The molecule has 3 rings (SSSR count). The van der Waals surface area contributed by atoms with Crippen LogP contribution in [0, 0.1) is 5.92 Å². The van der Waals surface area contributed by atoms with E-state index in [9.17, 15) is 26.4 Å². The Kier molecular flexibility index (Phi) is 4.66. The van der Waals surface area contributed by atoms with Gasteiger partial charge in [0.25, 0.3) is 0 Å². The highest BCUT2D eigenvalue weighted by atomic mass is 32.2. The van der Waals surface area contributed by atoms with Crippen molar-refractivity contribution < 1.29 is 35.3 Å². The van der Waals surface area contributed by atoms with E-state index < -0.39 is 27.3 Å². The van der Waals surface area contributed by atoms with Crippen LogP contribution in [-0.4, -0.2) is 26.3 Å². The van der Waals surface area contributed by atoms with E-state index in [2.05, 4.69) is 4.18 Å². The van der Waals surface area contributed by atoms with E-state index in [0.717, 1.165) is 17.7 Å². The SMILES string of the molecule is O=C1c2ccc(OS(=O)(=O)C(F)(F)F)cc2OCC1Cc1ccccc1. The summed E-state index contributed by atoms with van der Waals surface area (Å²) < 4.78 is 68.7. The average molecular weight is 386 g/mol. The van der Waals surface area contributed by atoms with Crippen LogP contribution in [0.3, 0.4) is 0 Å². The zero-order chi connectivity index (χ0) is 18.9. The van der Waals surface area contributed by atoms with Crippen LogP contribution in [-0.2, 0) is 16.5 Å². The molecule has 1 atom stereocenters. The number of fused-ring (bicyclic) bond motifs is 1. The third kappa shape index (κ3) is 3.67. The Balaban J connectivity index is 1.79. The van der Waals surface area contributed by atoms with Crippen LogP contribution in [0.1, 0.15) is 15.9 Å². The van der Waals surface area contributed by atoms with Gasteiger partial charge >= 0.3 is 15.6 Å². The Morgan fingerprint density at radius 1 is 1.12 bits per heavy atom. The third-order valence-electron chi connectivity index (χ3n) is 3.84. The van der Waals surface area contributed by atoms with Crippen molar-refractivity contribution in [2.24, 2.45) is 5.92 Å². The van der Waals surface area contributed by atoms with Gasteiger partial charge in [-0.3, -0.25) is 4.79 Å².